The molecule has 0 amide bonds. The zero-order valence-electron chi connectivity index (χ0n) is 12.7. The van der Waals surface area contributed by atoms with Crippen molar-refractivity contribution in [3.63, 3.8) is 0 Å². The largest absolute Gasteiger partial charge is 0.371 e. The van der Waals surface area contributed by atoms with Gasteiger partial charge in [-0.1, -0.05) is 39.0 Å². The maximum Gasteiger partial charge on any atom is 0.0398 e. The number of para-hydroxylation sites is 1. The van der Waals surface area contributed by atoms with E-state index in [2.05, 4.69) is 49.9 Å². The SMILES string of the molecule is CC(C)(C)CC(N)CCN1CCCc2ccccc21. The highest BCUT2D eigenvalue weighted by molar-refractivity contribution is 5.55. The molecule has 1 aromatic rings. The Bertz CT molecular complexity index is 406. The molecule has 0 aromatic heterocycles. The Balaban J connectivity index is 1.91. The van der Waals surface area contributed by atoms with E-state index in [-0.39, 0.29) is 0 Å². The first-order valence-electron chi connectivity index (χ1n) is 7.54. The smallest absolute Gasteiger partial charge is 0.0398 e. The number of hydrogen-bond donors (Lipinski definition) is 1. The van der Waals surface area contributed by atoms with Crippen LogP contribution in [0.4, 0.5) is 5.69 Å². The first-order valence-corrected chi connectivity index (χ1v) is 7.54. The maximum absolute atomic E-state index is 6.27. The molecule has 0 bridgehead atoms. The molecule has 19 heavy (non-hydrogen) atoms. The van der Waals surface area contributed by atoms with E-state index in [1.54, 1.807) is 0 Å². The van der Waals surface area contributed by atoms with E-state index in [1.807, 2.05) is 0 Å². The molecule has 1 aromatic carbocycles. The van der Waals surface area contributed by atoms with Gasteiger partial charge in [0, 0.05) is 24.8 Å². The van der Waals surface area contributed by atoms with Gasteiger partial charge in [0.1, 0.15) is 0 Å². The first-order chi connectivity index (χ1) is 8.96. The number of rotatable bonds is 4. The Morgan fingerprint density at radius 2 is 2.00 bits per heavy atom. The third kappa shape index (κ3) is 4.24. The second kappa shape index (κ2) is 5.96. The fraction of sp³-hybridized carbons (Fsp3) is 0.647. The minimum Gasteiger partial charge on any atom is -0.371 e. The molecule has 2 N–H and O–H groups in total. The standard InChI is InChI=1S/C17H28N2/c1-17(2,3)13-15(18)10-12-19-11-6-8-14-7-4-5-9-16(14)19/h4-5,7,9,15H,6,8,10-13,18H2,1-3H3. The van der Waals surface area contributed by atoms with Gasteiger partial charge in [-0.3, -0.25) is 0 Å². The Hall–Kier alpha value is -1.02. The van der Waals surface area contributed by atoms with Gasteiger partial charge in [0.2, 0.25) is 0 Å². The number of nitrogens with two attached hydrogens (primary N) is 1. The van der Waals surface area contributed by atoms with E-state index in [1.165, 1.54) is 30.6 Å². The molecule has 0 saturated heterocycles. The zero-order chi connectivity index (χ0) is 13.9. The molecule has 0 fully saturated rings. The van der Waals surface area contributed by atoms with E-state index >= 15 is 0 Å². The number of benzene rings is 1. The van der Waals surface area contributed by atoms with Gasteiger partial charge in [0.05, 0.1) is 0 Å². The van der Waals surface area contributed by atoms with Crippen molar-refractivity contribution in [3.8, 4) is 0 Å². The van der Waals surface area contributed by atoms with Crippen LogP contribution in [0.25, 0.3) is 0 Å². The summed E-state index contributed by atoms with van der Waals surface area (Å²) in [5.41, 5.74) is 9.53. The second-order valence-corrected chi connectivity index (χ2v) is 7.03. The first kappa shape index (κ1) is 14.4. The number of anilines is 1. The van der Waals surface area contributed by atoms with Crippen molar-refractivity contribution >= 4 is 5.69 Å². The Morgan fingerprint density at radius 1 is 1.26 bits per heavy atom. The van der Waals surface area contributed by atoms with Crippen LogP contribution >= 0.6 is 0 Å². The number of aryl methyl sites for hydroxylation is 1. The van der Waals surface area contributed by atoms with Crippen molar-refractivity contribution in [1.82, 2.24) is 0 Å². The highest BCUT2D eigenvalue weighted by Crippen LogP contribution is 2.27. The third-order valence-corrected chi connectivity index (χ3v) is 3.85. The van der Waals surface area contributed by atoms with Gasteiger partial charge in [0.15, 0.2) is 0 Å². The summed E-state index contributed by atoms with van der Waals surface area (Å²) < 4.78 is 0. The van der Waals surface area contributed by atoms with Crippen molar-refractivity contribution in [2.45, 2.75) is 52.5 Å². The minimum absolute atomic E-state index is 0.314. The Kier molecular flexibility index (Phi) is 4.51. The highest BCUT2D eigenvalue weighted by Gasteiger charge is 2.19. The molecule has 1 atom stereocenters. The summed E-state index contributed by atoms with van der Waals surface area (Å²) in [5, 5.41) is 0. The number of hydrogen-bond acceptors (Lipinski definition) is 2. The molecule has 2 heteroatoms. The van der Waals surface area contributed by atoms with Crippen LogP contribution in [0.1, 0.15) is 45.6 Å². The quantitative estimate of drug-likeness (QED) is 0.896. The van der Waals surface area contributed by atoms with E-state index in [0.717, 1.165) is 19.4 Å². The lowest BCUT2D eigenvalue weighted by Crippen LogP contribution is -2.35. The fourth-order valence-electron chi connectivity index (χ4n) is 3.05. The molecular formula is C17H28N2. The van der Waals surface area contributed by atoms with Crippen LogP contribution < -0.4 is 10.6 Å². The van der Waals surface area contributed by atoms with Crippen molar-refractivity contribution in [2.24, 2.45) is 11.1 Å². The predicted octanol–water partition coefficient (Wildman–Crippen LogP) is 3.59. The Morgan fingerprint density at radius 3 is 2.74 bits per heavy atom. The van der Waals surface area contributed by atoms with E-state index in [0.29, 0.717) is 11.5 Å². The molecular weight excluding hydrogens is 232 g/mol. The van der Waals surface area contributed by atoms with Gasteiger partial charge < -0.3 is 10.6 Å². The average molecular weight is 260 g/mol. The van der Waals surface area contributed by atoms with Crippen LogP contribution in [0.2, 0.25) is 0 Å². The predicted molar refractivity (Wildman–Crippen MR) is 83.6 cm³/mol. The summed E-state index contributed by atoms with van der Waals surface area (Å²) in [5.74, 6) is 0. The molecule has 0 radical (unpaired) electrons. The Labute approximate surface area is 118 Å². The van der Waals surface area contributed by atoms with Gasteiger partial charge in [-0.05, 0) is 42.7 Å². The molecule has 1 heterocycles. The number of fused-ring (bicyclic) bond motifs is 1. The normalized spacial score (nSPS) is 17.2. The van der Waals surface area contributed by atoms with Gasteiger partial charge in [-0.2, -0.15) is 0 Å². The van der Waals surface area contributed by atoms with Gasteiger partial charge in [0.25, 0.3) is 0 Å². The molecule has 106 valence electrons. The topological polar surface area (TPSA) is 29.3 Å². The van der Waals surface area contributed by atoms with Crippen LogP contribution in [0, 0.1) is 5.41 Å². The lowest BCUT2D eigenvalue weighted by atomic mass is 9.87. The van der Waals surface area contributed by atoms with Crippen molar-refractivity contribution in [3.05, 3.63) is 29.8 Å². The van der Waals surface area contributed by atoms with Crippen LogP contribution in [-0.2, 0) is 6.42 Å². The van der Waals surface area contributed by atoms with Gasteiger partial charge in [-0.25, -0.2) is 0 Å². The van der Waals surface area contributed by atoms with Gasteiger partial charge >= 0.3 is 0 Å². The molecule has 0 spiro atoms. The van der Waals surface area contributed by atoms with E-state index in [4.69, 9.17) is 5.73 Å². The molecule has 1 aliphatic heterocycles. The van der Waals surface area contributed by atoms with Crippen LogP contribution in [-0.4, -0.2) is 19.1 Å². The van der Waals surface area contributed by atoms with Gasteiger partial charge in [-0.15, -0.1) is 0 Å². The zero-order valence-corrected chi connectivity index (χ0v) is 12.7. The van der Waals surface area contributed by atoms with Crippen molar-refractivity contribution in [1.29, 1.82) is 0 Å². The summed E-state index contributed by atoms with van der Waals surface area (Å²) in [4.78, 5) is 2.52. The van der Waals surface area contributed by atoms with Crippen molar-refractivity contribution < 1.29 is 0 Å². The summed E-state index contributed by atoms with van der Waals surface area (Å²) in [7, 11) is 0. The minimum atomic E-state index is 0.314. The molecule has 0 saturated carbocycles. The molecule has 1 aliphatic rings. The monoisotopic (exact) mass is 260 g/mol. The van der Waals surface area contributed by atoms with Crippen LogP contribution in [0.5, 0.6) is 0 Å². The number of nitrogens with zero attached hydrogens (tertiary/aromatic N) is 1. The van der Waals surface area contributed by atoms with Crippen molar-refractivity contribution in [2.75, 3.05) is 18.0 Å². The van der Waals surface area contributed by atoms with E-state index in [9.17, 15) is 0 Å². The summed E-state index contributed by atoms with van der Waals surface area (Å²) in [6.45, 7) is 9.07. The lowest BCUT2D eigenvalue weighted by Gasteiger charge is -2.33. The average Bonchev–Trinajstić information content (AvgIpc) is 2.34. The van der Waals surface area contributed by atoms with E-state index < -0.39 is 0 Å². The van der Waals surface area contributed by atoms with Crippen LogP contribution in [0.15, 0.2) is 24.3 Å². The highest BCUT2D eigenvalue weighted by atomic mass is 15.1. The molecule has 0 aliphatic carbocycles. The lowest BCUT2D eigenvalue weighted by molar-refractivity contribution is 0.331. The molecule has 2 nitrogen and oxygen atoms in total. The fourth-order valence-corrected chi connectivity index (χ4v) is 3.05. The second-order valence-electron chi connectivity index (χ2n) is 7.03. The summed E-state index contributed by atoms with van der Waals surface area (Å²) >= 11 is 0. The summed E-state index contributed by atoms with van der Waals surface area (Å²) in [6.07, 6.45) is 4.68. The van der Waals surface area contributed by atoms with Crippen LogP contribution in [0.3, 0.4) is 0 Å². The maximum atomic E-state index is 6.27. The third-order valence-electron chi connectivity index (χ3n) is 3.85. The molecule has 1 unspecified atom stereocenters. The summed E-state index contributed by atoms with van der Waals surface area (Å²) in [6, 6.07) is 9.12. The molecule has 2 rings (SSSR count).